The average Bonchev–Trinajstić information content (AvgIpc) is 2.80. The largest absolute Gasteiger partial charge is 0.573 e. The lowest BCUT2D eigenvalue weighted by atomic mass is 9.97. The second-order valence-corrected chi connectivity index (χ2v) is 7.45. The number of carbonyl (C=O) groups is 1. The first-order valence-corrected chi connectivity index (χ1v) is 10.2. The molecule has 0 saturated carbocycles. The second-order valence-electron chi connectivity index (χ2n) is 7.45. The minimum Gasteiger partial charge on any atom is -0.404 e. The van der Waals surface area contributed by atoms with Crippen LogP contribution in [0, 0.1) is 5.92 Å². The second kappa shape index (κ2) is 9.25. The molecular formula is C23H21F3N4O2. The molecular weight excluding hydrogens is 421 g/mol. The number of para-hydroxylation sites is 2. The van der Waals surface area contributed by atoms with Crippen molar-refractivity contribution in [1.29, 1.82) is 0 Å². The summed E-state index contributed by atoms with van der Waals surface area (Å²) in [5.74, 6) is -0.496. The summed E-state index contributed by atoms with van der Waals surface area (Å²) < 4.78 is 42.0. The van der Waals surface area contributed by atoms with E-state index in [1.807, 2.05) is 41.3 Å². The first-order valence-electron chi connectivity index (χ1n) is 10.2. The predicted molar refractivity (Wildman–Crippen MR) is 114 cm³/mol. The van der Waals surface area contributed by atoms with E-state index < -0.39 is 18.0 Å². The third-order valence-electron chi connectivity index (χ3n) is 5.21. The van der Waals surface area contributed by atoms with Crippen molar-refractivity contribution in [2.75, 3.05) is 23.3 Å². The van der Waals surface area contributed by atoms with Crippen LogP contribution in [0.25, 0.3) is 11.3 Å². The van der Waals surface area contributed by atoms with Gasteiger partial charge >= 0.3 is 6.36 Å². The molecule has 6 nitrogen and oxygen atoms in total. The molecule has 0 radical (unpaired) electrons. The third kappa shape index (κ3) is 5.35. The number of amides is 1. The van der Waals surface area contributed by atoms with E-state index in [-0.39, 0.29) is 11.6 Å². The van der Waals surface area contributed by atoms with Crippen LogP contribution >= 0.6 is 0 Å². The molecule has 1 saturated heterocycles. The van der Waals surface area contributed by atoms with E-state index in [0.717, 1.165) is 24.2 Å². The first kappa shape index (κ1) is 21.6. The third-order valence-corrected chi connectivity index (χ3v) is 5.21. The summed E-state index contributed by atoms with van der Waals surface area (Å²) >= 11 is 0. The van der Waals surface area contributed by atoms with Crippen molar-refractivity contribution in [3.8, 4) is 17.0 Å². The zero-order valence-electron chi connectivity index (χ0n) is 17.0. The first-order chi connectivity index (χ1) is 15.4. The van der Waals surface area contributed by atoms with Gasteiger partial charge in [0.05, 0.1) is 17.3 Å². The van der Waals surface area contributed by atoms with Gasteiger partial charge in [0, 0.05) is 24.7 Å². The highest BCUT2D eigenvalue weighted by molar-refractivity contribution is 5.94. The van der Waals surface area contributed by atoms with Gasteiger partial charge in [0.15, 0.2) is 5.75 Å². The summed E-state index contributed by atoms with van der Waals surface area (Å²) in [5.41, 5.74) is 1.73. The molecule has 0 aliphatic carbocycles. The lowest BCUT2D eigenvalue weighted by Crippen LogP contribution is -2.41. The molecule has 9 heteroatoms. The van der Waals surface area contributed by atoms with Gasteiger partial charge in [-0.3, -0.25) is 4.79 Å². The fraction of sp³-hybridized carbons (Fsp3) is 0.261. The van der Waals surface area contributed by atoms with E-state index >= 15 is 0 Å². The minimum atomic E-state index is -4.84. The van der Waals surface area contributed by atoms with Crippen molar-refractivity contribution in [2.24, 2.45) is 5.92 Å². The van der Waals surface area contributed by atoms with Crippen molar-refractivity contribution in [3.05, 3.63) is 67.0 Å². The maximum absolute atomic E-state index is 12.8. The number of alkyl halides is 3. The Balaban J connectivity index is 1.47. The van der Waals surface area contributed by atoms with Crippen molar-refractivity contribution in [1.82, 2.24) is 9.97 Å². The number of hydrogen-bond acceptors (Lipinski definition) is 5. The van der Waals surface area contributed by atoms with Gasteiger partial charge in [-0.25, -0.2) is 9.97 Å². The summed E-state index contributed by atoms with van der Waals surface area (Å²) in [7, 11) is 0. The Morgan fingerprint density at radius 3 is 2.59 bits per heavy atom. The van der Waals surface area contributed by atoms with Crippen LogP contribution in [0.5, 0.6) is 5.75 Å². The number of halogens is 3. The van der Waals surface area contributed by atoms with Gasteiger partial charge < -0.3 is 15.0 Å². The Hall–Kier alpha value is -3.62. The number of ether oxygens (including phenoxy) is 1. The molecule has 0 bridgehead atoms. The summed E-state index contributed by atoms with van der Waals surface area (Å²) in [5, 5.41) is 2.59. The fourth-order valence-corrected chi connectivity index (χ4v) is 3.70. The van der Waals surface area contributed by atoms with Crippen molar-refractivity contribution in [2.45, 2.75) is 19.2 Å². The molecule has 1 amide bonds. The van der Waals surface area contributed by atoms with Crippen molar-refractivity contribution >= 4 is 17.4 Å². The smallest absolute Gasteiger partial charge is 0.404 e. The Morgan fingerprint density at radius 2 is 1.81 bits per heavy atom. The van der Waals surface area contributed by atoms with E-state index in [4.69, 9.17) is 0 Å². The Morgan fingerprint density at radius 1 is 1.06 bits per heavy atom. The van der Waals surface area contributed by atoms with E-state index in [0.29, 0.717) is 18.8 Å². The van der Waals surface area contributed by atoms with E-state index in [2.05, 4.69) is 20.0 Å². The van der Waals surface area contributed by atoms with E-state index in [1.54, 1.807) is 0 Å². The number of hydrogen-bond donors (Lipinski definition) is 1. The van der Waals surface area contributed by atoms with Gasteiger partial charge in [0.1, 0.15) is 12.1 Å². The zero-order chi connectivity index (χ0) is 22.6. The van der Waals surface area contributed by atoms with Crippen LogP contribution in [0.3, 0.4) is 0 Å². The summed E-state index contributed by atoms with van der Waals surface area (Å²) in [6.07, 6.45) is -1.97. The molecule has 2 heterocycles. The molecule has 32 heavy (non-hydrogen) atoms. The van der Waals surface area contributed by atoms with Crippen LogP contribution in [0.1, 0.15) is 12.8 Å². The summed E-state index contributed by atoms with van der Waals surface area (Å²) in [6, 6.07) is 17.1. The molecule has 2 aromatic carbocycles. The fourth-order valence-electron chi connectivity index (χ4n) is 3.70. The number of nitrogens with zero attached hydrogens (tertiary/aromatic N) is 3. The van der Waals surface area contributed by atoms with Gasteiger partial charge in [0.25, 0.3) is 0 Å². The van der Waals surface area contributed by atoms with Crippen molar-refractivity contribution in [3.63, 3.8) is 0 Å². The standard InChI is InChI=1S/C23H21F3N4O2/c24-23(25,26)32-20-11-5-4-10-18(20)29-22(31)17-9-6-12-30(14-17)21-13-19(27-15-28-21)16-7-2-1-3-8-16/h1-5,7-8,10-11,13,15,17H,6,9,12,14H2,(H,29,31). The number of benzene rings is 2. The summed E-state index contributed by atoms with van der Waals surface area (Å²) in [4.78, 5) is 23.5. The number of nitrogens with one attached hydrogen (secondary N) is 1. The van der Waals surface area contributed by atoms with E-state index in [1.165, 1.54) is 30.6 Å². The molecule has 1 atom stereocenters. The lowest BCUT2D eigenvalue weighted by Gasteiger charge is -2.33. The quantitative estimate of drug-likeness (QED) is 0.609. The molecule has 1 aromatic heterocycles. The SMILES string of the molecule is O=C(Nc1ccccc1OC(F)(F)F)C1CCCN(c2cc(-c3ccccc3)ncn2)C1. The zero-order valence-corrected chi connectivity index (χ0v) is 17.0. The Bertz CT molecular complexity index is 1080. The Labute approximate surface area is 183 Å². The molecule has 3 aromatic rings. The molecule has 1 aliphatic rings. The Kier molecular flexibility index (Phi) is 6.25. The van der Waals surface area contributed by atoms with E-state index in [9.17, 15) is 18.0 Å². The minimum absolute atomic E-state index is 0.0136. The van der Waals surface area contributed by atoms with Gasteiger partial charge in [-0.1, -0.05) is 42.5 Å². The lowest BCUT2D eigenvalue weighted by molar-refractivity contribution is -0.274. The van der Waals surface area contributed by atoms with Crippen LogP contribution in [-0.4, -0.2) is 35.3 Å². The number of piperidine rings is 1. The molecule has 1 aliphatic heterocycles. The monoisotopic (exact) mass is 442 g/mol. The number of anilines is 2. The molecule has 1 fully saturated rings. The van der Waals surface area contributed by atoms with Crippen molar-refractivity contribution < 1.29 is 22.7 Å². The molecule has 1 N–H and O–H groups in total. The number of carbonyl (C=O) groups excluding carboxylic acids is 1. The maximum Gasteiger partial charge on any atom is 0.573 e. The van der Waals surface area contributed by atoms with Crippen LogP contribution in [0.4, 0.5) is 24.7 Å². The average molecular weight is 442 g/mol. The highest BCUT2D eigenvalue weighted by Crippen LogP contribution is 2.31. The van der Waals surface area contributed by atoms with Gasteiger partial charge in [-0.2, -0.15) is 0 Å². The van der Waals surface area contributed by atoms with Crippen LogP contribution < -0.4 is 15.0 Å². The topological polar surface area (TPSA) is 67.3 Å². The number of rotatable bonds is 5. The van der Waals surface area contributed by atoms with Gasteiger partial charge in [-0.05, 0) is 25.0 Å². The number of aromatic nitrogens is 2. The normalized spacial score (nSPS) is 16.5. The van der Waals surface area contributed by atoms with Gasteiger partial charge in [-0.15, -0.1) is 13.2 Å². The molecule has 1 unspecified atom stereocenters. The van der Waals surface area contributed by atoms with Crippen LogP contribution in [0.2, 0.25) is 0 Å². The molecule has 0 spiro atoms. The molecule has 4 rings (SSSR count). The van der Waals surface area contributed by atoms with Gasteiger partial charge in [0.2, 0.25) is 5.91 Å². The summed E-state index contributed by atoms with van der Waals surface area (Å²) in [6.45, 7) is 1.13. The van der Waals surface area contributed by atoms with Crippen LogP contribution in [0.15, 0.2) is 67.0 Å². The maximum atomic E-state index is 12.8. The highest BCUT2D eigenvalue weighted by atomic mass is 19.4. The predicted octanol–water partition coefficient (Wildman–Crippen LogP) is 4.90. The highest BCUT2D eigenvalue weighted by Gasteiger charge is 2.33. The van der Waals surface area contributed by atoms with Crippen LogP contribution in [-0.2, 0) is 4.79 Å². The molecule has 166 valence electrons.